The average Bonchev–Trinajstić information content (AvgIpc) is 2.49. The molecule has 1 aliphatic rings. The lowest BCUT2D eigenvalue weighted by Gasteiger charge is -2.39. The number of nitrogen functional groups attached to an aromatic ring is 1. The highest BCUT2D eigenvalue weighted by atomic mass is 16.5. The van der Waals surface area contributed by atoms with Crippen LogP contribution >= 0.6 is 0 Å². The van der Waals surface area contributed by atoms with E-state index >= 15 is 0 Å². The molecule has 1 heterocycles. The van der Waals surface area contributed by atoms with E-state index in [4.69, 9.17) is 15.2 Å². The van der Waals surface area contributed by atoms with Crippen LogP contribution in [0.1, 0.15) is 44.5 Å². The van der Waals surface area contributed by atoms with Gasteiger partial charge in [0.05, 0.1) is 30.5 Å². The van der Waals surface area contributed by atoms with Crippen molar-refractivity contribution in [3.05, 3.63) is 23.8 Å². The lowest BCUT2D eigenvalue weighted by atomic mass is 9.98. The summed E-state index contributed by atoms with van der Waals surface area (Å²) in [5.41, 5.74) is 7.15. The molecule has 5 nitrogen and oxygen atoms in total. The number of nitrogens with zero attached hydrogens (tertiary/aromatic N) is 1. The fourth-order valence-corrected chi connectivity index (χ4v) is 3.26. The summed E-state index contributed by atoms with van der Waals surface area (Å²) in [7, 11) is 0. The molecule has 1 saturated heterocycles. The number of Topliss-reactive ketones (excluding diaryl/α,β-unsaturated/α-hetero) is 1. The van der Waals surface area contributed by atoms with Gasteiger partial charge in [0.1, 0.15) is 5.75 Å². The van der Waals surface area contributed by atoms with Gasteiger partial charge in [0.25, 0.3) is 0 Å². The quantitative estimate of drug-likeness (QED) is 0.645. The Labute approximate surface area is 138 Å². The van der Waals surface area contributed by atoms with Crippen molar-refractivity contribution in [2.75, 3.05) is 25.4 Å². The van der Waals surface area contributed by atoms with Gasteiger partial charge < -0.3 is 15.2 Å². The number of carbonyl (C=O) groups excluding carboxylic acids is 1. The first-order valence-electron chi connectivity index (χ1n) is 8.42. The topological polar surface area (TPSA) is 64.8 Å². The molecule has 2 N–H and O–H groups in total. The first-order valence-corrected chi connectivity index (χ1v) is 8.42. The molecule has 3 unspecified atom stereocenters. The lowest BCUT2D eigenvalue weighted by molar-refractivity contribution is -0.0764. The van der Waals surface area contributed by atoms with Crippen molar-refractivity contribution in [3.8, 4) is 5.75 Å². The Morgan fingerprint density at radius 2 is 2.00 bits per heavy atom. The number of benzene rings is 1. The molecule has 0 aliphatic carbocycles. The van der Waals surface area contributed by atoms with Gasteiger partial charge in [-0.3, -0.25) is 9.69 Å². The summed E-state index contributed by atoms with van der Waals surface area (Å²) >= 11 is 0. The van der Waals surface area contributed by atoms with Gasteiger partial charge in [-0.25, -0.2) is 0 Å². The monoisotopic (exact) mass is 320 g/mol. The smallest absolute Gasteiger partial charge is 0.180 e. The minimum Gasteiger partial charge on any atom is -0.492 e. The average molecular weight is 320 g/mol. The van der Waals surface area contributed by atoms with E-state index in [0.29, 0.717) is 23.6 Å². The number of carbonyl (C=O) groups is 1. The van der Waals surface area contributed by atoms with Crippen LogP contribution in [0, 0.1) is 0 Å². The molecule has 5 heteroatoms. The Kier molecular flexibility index (Phi) is 6.02. The summed E-state index contributed by atoms with van der Waals surface area (Å²) in [4.78, 5) is 15.2. The maximum absolute atomic E-state index is 12.9. The number of ether oxygens (including phenoxy) is 2. The van der Waals surface area contributed by atoms with Crippen molar-refractivity contribution in [3.63, 3.8) is 0 Å². The molecule has 1 fully saturated rings. The van der Waals surface area contributed by atoms with E-state index in [1.807, 2.05) is 13.8 Å². The van der Waals surface area contributed by atoms with E-state index in [1.165, 1.54) is 0 Å². The third kappa shape index (κ3) is 4.24. The molecule has 1 aromatic carbocycles. The van der Waals surface area contributed by atoms with E-state index in [1.54, 1.807) is 18.2 Å². The zero-order valence-electron chi connectivity index (χ0n) is 14.5. The van der Waals surface area contributed by atoms with E-state index < -0.39 is 0 Å². The number of morpholine rings is 1. The fourth-order valence-electron chi connectivity index (χ4n) is 3.26. The summed E-state index contributed by atoms with van der Waals surface area (Å²) in [6.45, 7) is 10.2. The second-order valence-electron chi connectivity index (χ2n) is 6.19. The van der Waals surface area contributed by atoms with Crippen LogP contribution in [0.4, 0.5) is 5.69 Å². The van der Waals surface area contributed by atoms with E-state index in [9.17, 15) is 4.79 Å². The molecular weight excluding hydrogens is 292 g/mol. The van der Waals surface area contributed by atoms with Gasteiger partial charge in [0.15, 0.2) is 5.78 Å². The molecule has 0 radical (unpaired) electrons. The van der Waals surface area contributed by atoms with Gasteiger partial charge in [-0.05, 0) is 45.4 Å². The Balaban J connectivity index is 2.17. The van der Waals surface area contributed by atoms with E-state index in [2.05, 4.69) is 18.7 Å². The molecule has 128 valence electrons. The summed E-state index contributed by atoms with van der Waals surface area (Å²) in [6, 6.07) is 5.17. The Morgan fingerprint density at radius 1 is 1.35 bits per heavy atom. The molecular formula is C18H28N2O3. The number of anilines is 1. The number of hydrogen-bond acceptors (Lipinski definition) is 5. The van der Waals surface area contributed by atoms with E-state index in [0.717, 1.165) is 19.5 Å². The van der Waals surface area contributed by atoms with Crippen molar-refractivity contribution < 1.29 is 14.3 Å². The minimum atomic E-state index is -0.138. The molecule has 0 saturated carbocycles. The largest absolute Gasteiger partial charge is 0.492 e. The highest BCUT2D eigenvalue weighted by Crippen LogP contribution is 2.25. The normalized spacial score (nSPS) is 23.5. The molecule has 0 bridgehead atoms. The van der Waals surface area contributed by atoms with Gasteiger partial charge in [0, 0.05) is 18.7 Å². The van der Waals surface area contributed by atoms with Crippen molar-refractivity contribution in [1.29, 1.82) is 0 Å². The van der Waals surface area contributed by atoms with Crippen molar-refractivity contribution in [2.45, 2.75) is 52.4 Å². The molecule has 0 spiro atoms. The zero-order chi connectivity index (χ0) is 17.0. The Bertz CT molecular complexity index is 537. The van der Waals surface area contributed by atoms with E-state index in [-0.39, 0.29) is 24.0 Å². The van der Waals surface area contributed by atoms with Crippen LogP contribution < -0.4 is 10.5 Å². The summed E-state index contributed by atoms with van der Waals surface area (Å²) in [6.07, 6.45) is 1.06. The molecule has 1 aliphatic heterocycles. The van der Waals surface area contributed by atoms with Crippen LogP contribution in [-0.4, -0.2) is 48.6 Å². The third-order valence-electron chi connectivity index (χ3n) is 4.17. The number of ketones is 1. The van der Waals surface area contributed by atoms with Crippen LogP contribution in [0.3, 0.4) is 0 Å². The van der Waals surface area contributed by atoms with Crippen LogP contribution in [0.2, 0.25) is 0 Å². The summed E-state index contributed by atoms with van der Waals surface area (Å²) in [5, 5.41) is 0. The maximum Gasteiger partial charge on any atom is 0.180 e. The predicted octanol–water partition coefficient (Wildman–Crippen LogP) is 2.74. The standard InChI is InChI=1S/C18H28N2O3/c1-5-16(20-10-12(3)23-13(4)11-20)18(21)14-7-8-17(22-6-2)15(19)9-14/h7-9,12-13,16H,5-6,10-11,19H2,1-4H3. The van der Waals surface area contributed by atoms with Crippen LogP contribution in [-0.2, 0) is 4.74 Å². The molecule has 1 aromatic rings. The number of hydrogen-bond donors (Lipinski definition) is 1. The highest BCUT2D eigenvalue weighted by Gasteiger charge is 2.31. The van der Waals surface area contributed by atoms with Crippen molar-refractivity contribution in [1.82, 2.24) is 4.90 Å². The van der Waals surface area contributed by atoms with Crippen LogP contribution in [0.5, 0.6) is 5.75 Å². The van der Waals surface area contributed by atoms with Crippen LogP contribution in [0.25, 0.3) is 0 Å². The molecule has 0 aromatic heterocycles. The third-order valence-corrected chi connectivity index (χ3v) is 4.17. The second-order valence-corrected chi connectivity index (χ2v) is 6.19. The van der Waals surface area contributed by atoms with Crippen molar-refractivity contribution in [2.24, 2.45) is 0 Å². The SMILES string of the molecule is CCOc1ccc(C(=O)C(CC)N2CC(C)OC(C)C2)cc1N. The Hall–Kier alpha value is -1.59. The predicted molar refractivity (Wildman–Crippen MR) is 92.0 cm³/mol. The van der Waals surface area contributed by atoms with Gasteiger partial charge in [-0.1, -0.05) is 6.92 Å². The van der Waals surface area contributed by atoms with Gasteiger partial charge >= 0.3 is 0 Å². The summed E-state index contributed by atoms with van der Waals surface area (Å²) < 4.78 is 11.2. The van der Waals surface area contributed by atoms with Crippen LogP contribution in [0.15, 0.2) is 18.2 Å². The van der Waals surface area contributed by atoms with Gasteiger partial charge in [-0.15, -0.1) is 0 Å². The second kappa shape index (κ2) is 7.79. The molecule has 2 rings (SSSR count). The number of rotatable bonds is 6. The Morgan fingerprint density at radius 3 is 2.52 bits per heavy atom. The first kappa shape index (κ1) is 17.8. The van der Waals surface area contributed by atoms with Crippen molar-refractivity contribution >= 4 is 11.5 Å². The minimum absolute atomic E-state index is 0.114. The van der Waals surface area contributed by atoms with Gasteiger partial charge in [-0.2, -0.15) is 0 Å². The summed E-state index contributed by atoms with van der Waals surface area (Å²) in [5.74, 6) is 0.745. The maximum atomic E-state index is 12.9. The molecule has 0 amide bonds. The highest BCUT2D eigenvalue weighted by molar-refractivity contribution is 6.01. The lowest BCUT2D eigenvalue weighted by Crippen LogP contribution is -2.52. The molecule has 23 heavy (non-hydrogen) atoms. The number of nitrogens with two attached hydrogens (primary N) is 1. The molecule has 3 atom stereocenters. The zero-order valence-corrected chi connectivity index (χ0v) is 14.5. The fraction of sp³-hybridized carbons (Fsp3) is 0.611. The first-order chi connectivity index (χ1) is 11.0. The van der Waals surface area contributed by atoms with Gasteiger partial charge in [0.2, 0.25) is 0 Å².